The quantitative estimate of drug-likeness (QED) is 0.718. The molecular weight excluding hydrogens is 216 g/mol. The summed E-state index contributed by atoms with van der Waals surface area (Å²) >= 11 is 0. The Morgan fingerprint density at radius 1 is 0.722 bits per heavy atom. The molecule has 3 rings (SSSR count). The van der Waals surface area contributed by atoms with E-state index in [0.29, 0.717) is 0 Å². The average molecular weight is 235 g/mol. The fourth-order valence-corrected chi connectivity index (χ4v) is 2.56. The summed E-state index contributed by atoms with van der Waals surface area (Å²) in [7, 11) is 0. The van der Waals surface area contributed by atoms with Crippen LogP contribution < -0.4 is 0 Å². The standard InChI is InChI=1S/C18H19/c1-3-7-15(8-4-1)13-18(17-11-12-17)14-16-9-5-2-6-10-16/h1-10,17H,11-14H2. The third kappa shape index (κ3) is 3.01. The Hall–Kier alpha value is -1.56. The second-order valence-electron chi connectivity index (χ2n) is 5.26. The number of hydrogen-bond acceptors (Lipinski definition) is 0. The van der Waals surface area contributed by atoms with Crippen molar-refractivity contribution in [2.75, 3.05) is 0 Å². The summed E-state index contributed by atoms with van der Waals surface area (Å²) < 4.78 is 0. The molecule has 0 heteroatoms. The molecule has 0 amide bonds. The second kappa shape index (κ2) is 5.39. The van der Waals surface area contributed by atoms with Gasteiger partial charge >= 0.3 is 0 Å². The zero-order chi connectivity index (χ0) is 12.2. The van der Waals surface area contributed by atoms with Crippen LogP contribution in [0.5, 0.6) is 0 Å². The molecular formula is C18H19. The molecule has 2 aromatic rings. The van der Waals surface area contributed by atoms with E-state index >= 15 is 0 Å². The van der Waals surface area contributed by atoms with Gasteiger partial charge in [-0.15, -0.1) is 0 Å². The maximum Gasteiger partial charge on any atom is -0.0123 e. The highest BCUT2D eigenvalue weighted by atomic mass is 14.4. The predicted octanol–water partition coefficient (Wildman–Crippen LogP) is 4.46. The van der Waals surface area contributed by atoms with E-state index in [1.54, 1.807) is 5.92 Å². The molecule has 0 saturated heterocycles. The smallest absolute Gasteiger partial charge is 0.0123 e. The van der Waals surface area contributed by atoms with Gasteiger partial charge in [0.05, 0.1) is 0 Å². The van der Waals surface area contributed by atoms with Crippen LogP contribution in [-0.4, -0.2) is 0 Å². The van der Waals surface area contributed by atoms with Crippen molar-refractivity contribution in [2.45, 2.75) is 25.7 Å². The third-order valence-corrected chi connectivity index (χ3v) is 3.70. The number of hydrogen-bond donors (Lipinski definition) is 0. The number of benzene rings is 2. The van der Waals surface area contributed by atoms with E-state index < -0.39 is 0 Å². The maximum absolute atomic E-state index is 2.24. The van der Waals surface area contributed by atoms with E-state index in [1.165, 1.54) is 24.0 Å². The van der Waals surface area contributed by atoms with Crippen molar-refractivity contribution in [3.8, 4) is 0 Å². The van der Waals surface area contributed by atoms with Gasteiger partial charge < -0.3 is 0 Å². The molecule has 0 atom stereocenters. The summed E-state index contributed by atoms with van der Waals surface area (Å²) in [5, 5.41) is 0. The highest BCUT2D eigenvalue weighted by Gasteiger charge is 2.31. The van der Waals surface area contributed by atoms with E-state index in [9.17, 15) is 0 Å². The molecule has 1 aliphatic rings. The molecule has 1 fully saturated rings. The van der Waals surface area contributed by atoms with Gasteiger partial charge in [0.25, 0.3) is 0 Å². The van der Waals surface area contributed by atoms with E-state index in [4.69, 9.17) is 0 Å². The summed E-state index contributed by atoms with van der Waals surface area (Å²) in [6.07, 6.45) is 5.10. The molecule has 91 valence electrons. The predicted molar refractivity (Wildman–Crippen MR) is 76.3 cm³/mol. The molecule has 18 heavy (non-hydrogen) atoms. The van der Waals surface area contributed by atoms with Gasteiger partial charge in [-0.25, -0.2) is 0 Å². The van der Waals surface area contributed by atoms with Gasteiger partial charge in [-0.3, -0.25) is 0 Å². The van der Waals surface area contributed by atoms with E-state index in [0.717, 1.165) is 18.8 Å². The van der Waals surface area contributed by atoms with E-state index in [-0.39, 0.29) is 0 Å². The summed E-state index contributed by atoms with van der Waals surface area (Å²) in [4.78, 5) is 0. The molecule has 1 saturated carbocycles. The second-order valence-corrected chi connectivity index (χ2v) is 5.26. The lowest BCUT2D eigenvalue weighted by Gasteiger charge is -2.15. The van der Waals surface area contributed by atoms with Crippen LogP contribution >= 0.6 is 0 Å². The zero-order valence-corrected chi connectivity index (χ0v) is 10.7. The minimum absolute atomic E-state index is 0.880. The molecule has 0 N–H and O–H groups in total. The molecule has 0 unspecified atom stereocenters. The first-order chi connectivity index (χ1) is 8.92. The molecule has 1 aliphatic carbocycles. The van der Waals surface area contributed by atoms with Crippen LogP contribution in [0.15, 0.2) is 60.7 Å². The number of rotatable bonds is 5. The molecule has 0 heterocycles. The monoisotopic (exact) mass is 235 g/mol. The van der Waals surface area contributed by atoms with Crippen LogP contribution in [0.3, 0.4) is 0 Å². The highest BCUT2D eigenvalue weighted by Crippen LogP contribution is 2.41. The van der Waals surface area contributed by atoms with Crippen molar-refractivity contribution in [2.24, 2.45) is 5.92 Å². The van der Waals surface area contributed by atoms with Crippen LogP contribution in [0.1, 0.15) is 24.0 Å². The molecule has 0 bridgehead atoms. The topological polar surface area (TPSA) is 0 Å². The lowest BCUT2D eigenvalue weighted by molar-refractivity contribution is 0.721. The maximum atomic E-state index is 2.24. The molecule has 0 aromatic heterocycles. The van der Waals surface area contributed by atoms with Crippen LogP contribution in [0, 0.1) is 11.8 Å². The lowest BCUT2D eigenvalue weighted by atomic mass is 9.89. The van der Waals surface area contributed by atoms with E-state index in [2.05, 4.69) is 60.7 Å². The Kier molecular flexibility index (Phi) is 3.45. The normalized spacial score (nSPS) is 14.9. The Balaban J connectivity index is 1.69. The van der Waals surface area contributed by atoms with Crippen molar-refractivity contribution in [1.82, 2.24) is 0 Å². The van der Waals surface area contributed by atoms with Gasteiger partial charge in [-0.1, -0.05) is 60.7 Å². The Bertz CT molecular complexity index is 426. The van der Waals surface area contributed by atoms with Crippen LogP contribution in [0.2, 0.25) is 0 Å². The minimum atomic E-state index is 0.880. The van der Waals surface area contributed by atoms with E-state index in [1.807, 2.05) is 0 Å². The average Bonchev–Trinajstić information content (AvgIpc) is 3.25. The lowest BCUT2D eigenvalue weighted by Crippen LogP contribution is -2.08. The van der Waals surface area contributed by atoms with Gasteiger partial charge in [0, 0.05) is 0 Å². The van der Waals surface area contributed by atoms with Crippen LogP contribution in [0.25, 0.3) is 0 Å². The van der Waals surface area contributed by atoms with Crippen LogP contribution in [0.4, 0.5) is 0 Å². The first-order valence-corrected chi connectivity index (χ1v) is 6.84. The molecule has 0 aliphatic heterocycles. The first-order valence-electron chi connectivity index (χ1n) is 6.84. The summed E-state index contributed by atoms with van der Waals surface area (Å²) in [6, 6.07) is 21.7. The Morgan fingerprint density at radius 2 is 1.17 bits per heavy atom. The van der Waals surface area contributed by atoms with Crippen molar-refractivity contribution in [1.29, 1.82) is 0 Å². The summed E-state index contributed by atoms with van der Waals surface area (Å²) in [5.74, 6) is 2.60. The third-order valence-electron chi connectivity index (χ3n) is 3.70. The van der Waals surface area contributed by atoms with Crippen molar-refractivity contribution in [3.63, 3.8) is 0 Å². The first kappa shape index (κ1) is 11.5. The van der Waals surface area contributed by atoms with Gasteiger partial charge in [-0.2, -0.15) is 0 Å². The minimum Gasteiger partial charge on any atom is -0.0622 e. The fraction of sp³-hybridized carbons (Fsp3) is 0.278. The molecule has 2 aromatic carbocycles. The largest absolute Gasteiger partial charge is 0.0622 e. The van der Waals surface area contributed by atoms with Gasteiger partial charge in [0.2, 0.25) is 0 Å². The molecule has 0 nitrogen and oxygen atoms in total. The van der Waals surface area contributed by atoms with Crippen molar-refractivity contribution in [3.05, 3.63) is 77.7 Å². The molecule has 0 spiro atoms. The van der Waals surface area contributed by atoms with Crippen molar-refractivity contribution >= 4 is 0 Å². The Labute approximate surface area is 110 Å². The van der Waals surface area contributed by atoms with Gasteiger partial charge in [-0.05, 0) is 48.6 Å². The summed E-state index contributed by atoms with van der Waals surface area (Å²) in [5.41, 5.74) is 2.91. The van der Waals surface area contributed by atoms with Crippen LogP contribution in [-0.2, 0) is 12.8 Å². The summed E-state index contributed by atoms with van der Waals surface area (Å²) in [6.45, 7) is 0. The fourth-order valence-electron chi connectivity index (χ4n) is 2.56. The molecule has 1 radical (unpaired) electrons. The van der Waals surface area contributed by atoms with Crippen molar-refractivity contribution < 1.29 is 0 Å². The zero-order valence-electron chi connectivity index (χ0n) is 10.7. The highest BCUT2D eigenvalue weighted by molar-refractivity contribution is 5.26. The Morgan fingerprint density at radius 3 is 1.56 bits per heavy atom. The van der Waals surface area contributed by atoms with Gasteiger partial charge in [0.15, 0.2) is 0 Å². The SMILES string of the molecule is c1ccc(C[C](Cc2ccccc2)C2CC2)cc1. The van der Waals surface area contributed by atoms with Gasteiger partial charge in [0.1, 0.15) is 0 Å².